The fourth-order valence-corrected chi connectivity index (χ4v) is 1.55. The third kappa shape index (κ3) is 5.16. The highest BCUT2D eigenvalue weighted by Crippen LogP contribution is 2.15. The van der Waals surface area contributed by atoms with Crippen LogP contribution >= 0.6 is 0 Å². The molecule has 0 fully saturated rings. The zero-order chi connectivity index (χ0) is 13.5. The molecule has 3 N–H and O–H groups in total. The van der Waals surface area contributed by atoms with E-state index in [0.29, 0.717) is 5.75 Å². The molecule has 0 heterocycles. The molecule has 1 rings (SSSR count). The average Bonchev–Trinajstić information content (AvgIpc) is 2.28. The molecule has 0 saturated heterocycles. The molecule has 0 aliphatic heterocycles. The molecule has 0 aliphatic carbocycles. The van der Waals surface area contributed by atoms with E-state index in [2.05, 4.69) is 0 Å². The van der Waals surface area contributed by atoms with Gasteiger partial charge in [0, 0.05) is 6.42 Å². The van der Waals surface area contributed by atoms with Gasteiger partial charge in [-0.2, -0.15) is 0 Å². The van der Waals surface area contributed by atoms with Gasteiger partial charge < -0.3 is 20.1 Å². The van der Waals surface area contributed by atoms with Crippen molar-refractivity contribution in [2.24, 2.45) is 0 Å². The number of benzene rings is 1. The van der Waals surface area contributed by atoms with Crippen molar-refractivity contribution < 1.29 is 24.9 Å². The summed E-state index contributed by atoms with van der Waals surface area (Å²) in [5.41, 5.74) is 0. The Balaban J connectivity index is 2.41. The largest absolute Gasteiger partial charge is 0.488 e. The Morgan fingerprint density at radius 3 is 2.44 bits per heavy atom. The van der Waals surface area contributed by atoms with Crippen LogP contribution in [0.5, 0.6) is 5.75 Å². The van der Waals surface area contributed by atoms with Gasteiger partial charge in [-0.25, -0.2) is 0 Å². The molecule has 0 bridgehead atoms. The van der Waals surface area contributed by atoms with Crippen LogP contribution in [-0.4, -0.2) is 39.6 Å². The van der Waals surface area contributed by atoms with E-state index in [1.54, 1.807) is 19.1 Å². The summed E-state index contributed by atoms with van der Waals surface area (Å²) in [6, 6.07) is 9.00. The lowest BCUT2D eigenvalue weighted by Gasteiger charge is -2.22. The highest BCUT2D eigenvalue weighted by Gasteiger charge is 2.21. The number of carboxylic acids is 1. The standard InChI is InChI=1S/C13H18O5/c1-9(18-11-5-3-2-4-6-11)12(15)7-10(14)8-13(16)17/h2-6,9-10,12,14-15H,7-8H2,1H3,(H,16,17). The second-order valence-corrected chi connectivity index (χ2v) is 4.19. The molecular formula is C13H18O5. The van der Waals surface area contributed by atoms with Crippen molar-refractivity contribution in [3.63, 3.8) is 0 Å². The van der Waals surface area contributed by atoms with Gasteiger partial charge in [0.2, 0.25) is 0 Å². The fraction of sp³-hybridized carbons (Fsp3) is 0.462. The van der Waals surface area contributed by atoms with Crippen LogP contribution in [0.3, 0.4) is 0 Å². The first-order valence-corrected chi connectivity index (χ1v) is 5.78. The molecule has 1 aromatic carbocycles. The first-order valence-electron chi connectivity index (χ1n) is 5.78. The first kappa shape index (κ1) is 14.5. The summed E-state index contributed by atoms with van der Waals surface area (Å²) >= 11 is 0. The maximum atomic E-state index is 10.4. The molecule has 100 valence electrons. The number of aliphatic hydroxyl groups excluding tert-OH is 2. The summed E-state index contributed by atoms with van der Waals surface area (Å²) < 4.78 is 5.47. The van der Waals surface area contributed by atoms with E-state index in [9.17, 15) is 15.0 Å². The number of aliphatic hydroxyl groups is 2. The zero-order valence-electron chi connectivity index (χ0n) is 10.2. The number of ether oxygens (including phenoxy) is 1. The van der Waals surface area contributed by atoms with Gasteiger partial charge in [0.25, 0.3) is 0 Å². The first-order chi connectivity index (χ1) is 8.49. The quantitative estimate of drug-likeness (QED) is 0.676. The van der Waals surface area contributed by atoms with Gasteiger partial charge in [-0.3, -0.25) is 4.79 Å². The van der Waals surface area contributed by atoms with Crippen LogP contribution < -0.4 is 4.74 Å². The molecule has 0 radical (unpaired) electrons. The van der Waals surface area contributed by atoms with Crippen LogP contribution in [0.25, 0.3) is 0 Å². The summed E-state index contributed by atoms with van der Waals surface area (Å²) in [5, 5.41) is 27.7. The predicted octanol–water partition coefficient (Wildman–Crippen LogP) is 1.04. The van der Waals surface area contributed by atoms with E-state index in [4.69, 9.17) is 9.84 Å². The Bertz CT molecular complexity index is 365. The number of aliphatic carboxylic acids is 1. The number of para-hydroxylation sites is 1. The van der Waals surface area contributed by atoms with Crippen LogP contribution in [-0.2, 0) is 4.79 Å². The average molecular weight is 254 g/mol. The monoisotopic (exact) mass is 254 g/mol. The highest BCUT2D eigenvalue weighted by atomic mass is 16.5. The van der Waals surface area contributed by atoms with E-state index >= 15 is 0 Å². The molecule has 0 amide bonds. The fourth-order valence-electron chi connectivity index (χ4n) is 1.55. The Morgan fingerprint density at radius 1 is 1.28 bits per heavy atom. The molecular weight excluding hydrogens is 236 g/mol. The Morgan fingerprint density at radius 2 is 1.89 bits per heavy atom. The third-order valence-electron chi connectivity index (χ3n) is 2.53. The molecule has 0 spiro atoms. The zero-order valence-corrected chi connectivity index (χ0v) is 10.2. The molecule has 3 unspecified atom stereocenters. The van der Waals surface area contributed by atoms with Gasteiger partial charge in [0.05, 0.1) is 18.6 Å². The molecule has 5 heteroatoms. The molecule has 18 heavy (non-hydrogen) atoms. The van der Waals surface area contributed by atoms with Gasteiger partial charge in [-0.05, 0) is 19.1 Å². The molecule has 1 aromatic rings. The molecule has 0 saturated carbocycles. The molecule has 0 aliphatic rings. The maximum absolute atomic E-state index is 10.4. The Kier molecular flexibility index (Phi) is 5.61. The Hall–Kier alpha value is -1.59. The molecule has 5 nitrogen and oxygen atoms in total. The second-order valence-electron chi connectivity index (χ2n) is 4.19. The van der Waals surface area contributed by atoms with Crippen LogP contribution in [0.15, 0.2) is 30.3 Å². The summed E-state index contributed by atoms with van der Waals surface area (Å²) in [7, 11) is 0. The van der Waals surface area contributed by atoms with Gasteiger partial charge in [0.15, 0.2) is 0 Å². The van der Waals surface area contributed by atoms with E-state index in [1.165, 1.54) is 0 Å². The lowest BCUT2D eigenvalue weighted by Crippen LogP contribution is -2.32. The van der Waals surface area contributed by atoms with Gasteiger partial charge in [-0.15, -0.1) is 0 Å². The lowest BCUT2D eigenvalue weighted by atomic mass is 10.1. The Labute approximate surface area is 106 Å². The minimum atomic E-state index is -1.09. The van der Waals surface area contributed by atoms with Gasteiger partial charge >= 0.3 is 5.97 Å². The highest BCUT2D eigenvalue weighted by molar-refractivity contribution is 5.67. The van der Waals surface area contributed by atoms with Crippen molar-refractivity contribution in [2.75, 3.05) is 0 Å². The third-order valence-corrected chi connectivity index (χ3v) is 2.53. The number of carboxylic acid groups (broad SMARTS) is 1. The van der Waals surface area contributed by atoms with Gasteiger partial charge in [-0.1, -0.05) is 18.2 Å². The van der Waals surface area contributed by atoms with E-state index < -0.39 is 24.3 Å². The van der Waals surface area contributed by atoms with Crippen molar-refractivity contribution in [3.8, 4) is 5.75 Å². The smallest absolute Gasteiger partial charge is 0.305 e. The van der Waals surface area contributed by atoms with Crippen LogP contribution in [0.4, 0.5) is 0 Å². The van der Waals surface area contributed by atoms with Crippen molar-refractivity contribution in [2.45, 2.75) is 38.1 Å². The SMILES string of the molecule is CC(Oc1ccccc1)C(O)CC(O)CC(=O)O. The van der Waals surface area contributed by atoms with Crippen molar-refractivity contribution in [1.82, 2.24) is 0 Å². The topological polar surface area (TPSA) is 87.0 Å². The number of hydrogen-bond acceptors (Lipinski definition) is 4. The summed E-state index contributed by atoms with van der Waals surface area (Å²) in [5.74, 6) is -0.469. The van der Waals surface area contributed by atoms with E-state index in [-0.39, 0.29) is 12.8 Å². The number of carbonyl (C=O) groups is 1. The van der Waals surface area contributed by atoms with Crippen LogP contribution in [0, 0.1) is 0 Å². The number of rotatable bonds is 7. The summed E-state index contributed by atoms with van der Waals surface area (Å²) in [6.07, 6.45) is -2.91. The van der Waals surface area contributed by atoms with Crippen LogP contribution in [0.2, 0.25) is 0 Å². The minimum absolute atomic E-state index is 0.0275. The predicted molar refractivity (Wildman–Crippen MR) is 65.4 cm³/mol. The van der Waals surface area contributed by atoms with Crippen molar-refractivity contribution in [1.29, 1.82) is 0 Å². The second kappa shape index (κ2) is 6.98. The van der Waals surface area contributed by atoms with Crippen LogP contribution in [0.1, 0.15) is 19.8 Å². The minimum Gasteiger partial charge on any atom is -0.488 e. The summed E-state index contributed by atoms with van der Waals surface area (Å²) in [4.78, 5) is 10.4. The van der Waals surface area contributed by atoms with E-state index in [0.717, 1.165) is 0 Å². The lowest BCUT2D eigenvalue weighted by molar-refractivity contribution is -0.139. The number of hydrogen-bond donors (Lipinski definition) is 3. The van der Waals surface area contributed by atoms with Gasteiger partial charge in [0.1, 0.15) is 11.9 Å². The van der Waals surface area contributed by atoms with E-state index in [1.807, 2.05) is 18.2 Å². The summed E-state index contributed by atoms with van der Waals surface area (Å²) in [6.45, 7) is 1.67. The van der Waals surface area contributed by atoms with Crippen molar-refractivity contribution >= 4 is 5.97 Å². The molecule has 3 atom stereocenters. The molecule has 0 aromatic heterocycles. The maximum Gasteiger partial charge on any atom is 0.305 e. The van der Waals surface area contributed by atoms with Crippen molar-refractivity contribution in [3.05, 3.63) is 30.3 Å². The normalized spacial score (nSPS) is 15.7.